The van der Waals surface area contributed by atoms with Crippen LogP contribution in [0.1, 0.15) is 28.3 Å². The number of nitrogens with zero attached hydrogens (tertiary/aromatic N) is 1. The Morgan fingerprint density at radius 1 is 1.03 bits per heavy atom. The molecule has 31 heavy (non-hydrogen) atoms. The molecule has 154 valence electrons. The largest absolute Gasteiger partial charge is 0.497 e. The number of anilines is 1. The molecule has 0 aliphatic carbocycles. The molecule has 3 N–H and O–H groups in total. The standard InChI is InChI=1S/C26H23N3O2/c1-29-22-10-6-4-8-20(22)26(25(29)30)24-23(18-7-3-5-9-21(18)28-24)19(15-27-26)16-11-13-17(31-2)14-12-16/h3-14,19,27-28H,15H2,1-2H3/p+1/t19-,26-/m0/s1. The first kappa shape index (κ1) is 18.2. The molecule has 2 aliphatic heterocycles. The van der Waals surface area contributed by atoms with E-state index in [1.807, 2.05) is 43.4 Å². The van der Waals surface area contributed by atoms with Gasteiger partial charge in [0.1, 0.15) is 5.75 Å². The summed E-state index contributed by atoms with van der Waals surface area (Å²) in [6, 6.07) is 24.8. The summed E-state index contributed by atoms with van der Waals surface area (Å²) in [5.74, 6) is 1.13. The van der Waals surface area contributed by atoms with Crippen LogP contribution in [0, 0.1) is 0 Å². The second-order valence-corrected chi connectivity index (χ2v) is 8.41. The summed E-state index contributed by atoms with van der Waals surface area (Å²) in [6.07, 6.45) is 0. The fourth-order valence-corrected chi connectivity index (χ4v) is 5.52. The lowest BCUT2D eigenvalue weighted by Gasteiger charge is -2.34. The van der Waals surface area contributed by atoms with Gasteiger partial charge in [-0.15, -0.1) is 0 Å². The predicted molar refractivity (Wildman–Crippen MR) is 121 cm³/mol. The molecule has 0 saturated carbocycles. The summed E-state index contributed by atoms with van der Waals surface area (Å²) in [4.78, 5) is 19.2. The van der Waals surface area contributed by atoms with E-state index < -0.39 is 5.54 Å². The Kier molecular flexibility index (Phi) is 3.80. The highest BCUT2D eigenvalue weighted by atomic mass is 16.5. The number of H-pyrrole nitrogens is 1. The minimum Gasteiger partial charge on any atom is -0.497 e. The molecule has 0 radical (unpaired) electrons. The lowest BCUT2D eigenvalue weighted by Crippen LogP contribution is -2.99. The fraction of sp³-hybridized carbons (Fsp3) is 0.192. The van der Waals surface area contributed by atoms with Gasteiger partial charge in [-0.1, -0.05) is 42.5 Å². The second-order valence-electron chi connectivity index (χ2n) is 8.41. The van der Waals surface area contributed by atoms with Crippen molar-refractivity contribution in [1.29, 1.82) is 0 Å². The van der Waals surface area contributed by atoms with Gasteiger partial charge < -0.3 is 19.9 Å². The van der Waals surface area contributed by atoms with Crippen molar-refractivity contribution >= 4 is 22.5 Å². The van der Waals surface area contributed by atoms with Crippen molar-refractivity contribution in [2.45, 2.75) is 11.5 Å². The average molecular weight is 410 g/mol. The van der Waals surface area contributed by atoms with E-state index in [9.17, 15) is 4.79 Å². The number of hydrogen-bond acceptors (Lipinski definition) is 2. The third-order valence-corrected chi connectivity index (χ3v) is 7.00. The zero-order valence-corrected chi connectivity index (χ0v) is 17.6. The second kappa shape index (κ2) is 6.46. The summed E-state index contributed by atoms with van der Waals surface area (Å²) >= 11 is 0. The molecule has 3 aromatic carbocycles. The van der Waals surface area contributed by atoms with Crippen LogP contribution in [0.5, 0.6) is 5.75 Å². The molecule has 3 heterocycles. The first-order valence-corrected chi connectivity index (χ1v) is 10.6. The summed E-state index contributed by atoms with van der Waals surface area (Å²) in [5, 5.41) is 3.41. The zero-order valence-electron chi connectivity index (χ0n) is 17.6. The van der Waals surface area contributed by atoms with Crippen LogP contribution in [0.25, 0.3) is 10.9 Å². The van der Waals surface area contributed by atoms with E-state index in [0.717, 1.165) is 34.8 Å². The first-order chi connectivity index (χ1) is 15.1. The molecule has 0 unspecified atom stereocenters. The van der Waals surface area contributed by atoms with Crippen molar-refractivity contribution in [2.75, 3.05) is 25.6 Å². The lowest BCUT2D eigenvalue weighted by molar-refractivity contribution is -0.715. The molecule has 5 heteroatoms. The third kappa shape index (κ3) is 2.32. The van der Waals surface area contributed by atoms with Crippen molar-refractivity contribution in [3.8, 4) is 5.75 Å². The number of fused-ring (bicyclic) bond motifs is 6. The van der Waals surface area contributed by atoms with Crippen LogP contribution in [-0.2, 0) is 10.3 Å². The number of amides is 1. The predicted octanol–water partition coefficient (Wildman–Crippen LogP) is 3.11. The number of hydrogen-bond donors (Lipinski definition) is 2. The molecule has 4 aromatic rings. The Morgan fingerprint density at radius 3 is 2.58 bits per heavy atom. The van der Waals surface area contributed by atoms with E-state index in [0.29, 0.717) is 0 Å². The number of aromatic amines is 1. The highest BCUT2D eigenvalue weighted by Gasteiger charge is 2.59. The molecule has 0 saturated heterocycles. The molecule has 1 aromatic heterocycles. The number of aromatic nitrogens is 1. The summed E-state index contributed by atoms with van der Waals surface area (Å²) < 4.78 is 5.36. The van der Waals surface area contributed by atoms with Crippen LogP contribution < -0.4 is 15.0 Å². The van der Waals surface area contributed by atoms with E-state index >= 15 is 0 Å². The van der Waals surface area contributed by atoms with Crippen molar-refractivity contribution in [3.05, 3.63) is 95.2 Å². The number of carbonyl (C=O) groups is 1. The summed E-state index contributed by atoms with van der Waals surface area (Å²) in [6.45, 7) is 0.787. The van der Waals surface area contributed by atoms with Gasteiger partial charge in [0.15, 0.2) is 0 Å². The third-order valence-electron chi connectivity index (χ3n) is 7.00. The number of quaternary nitrogens is 1. The van der Waals surface area contributed by atoms with Crippen LogP contribution >= 0.6 is 0 Å². The number of rotatable bonds is 2. The Balaban J connectivity index is 1.63. The van der Waals surface area contributed by atoms with Gasteiger partial charge in [0.05, 0.1) is 36.5 Å². The number of nitrogens with two attached hydrogens (primary N) is 1. The van der Waals surface area contributed by atoms with E-state index in [1.54, 1.807) is 12.0 Å². The number of benzene rings is 3. The van der Waals surface area contributed by atoms with Gasteiger partial charge in [-0.05, 0) is 35.9 Å². The molecular formula is C26H24N3O2+. The Morgan fingerprint density at radius 2 is 1.77 bits per heavy atom. The smallest absolute Gasteiger partial charge is 0.299 e. The number of ether oxygens (including phenoxy) is 1. The van der Waals surface area contributed by atoms with E-state index in [4.69, 9.17) is 4.74 Å². The highest BCUT2D eigenvalue weighted by Crippen LogP contribution is 2.47. The maximum absolute atomic E-state index is 13.8. The molecule has 2 aliphatic rings. The quantitative estimate of drug-likeness (QED) is 0.533. The Hall–Kier alpha value is -3.57. The minimum absolute atomic E-state index is 0.106. The number of para-hydroxylation sites is 2. The van der Waals surface area contributed by atoms with Crippen LogP contribution in [0.4, 0.5) is 5.69 Å². The zero-order chi connectivity index (χ0) is 21.2. The molecular weight excluding hydrogens is 386 g/mol. The molecule has 6 rings (SSSR count). The molecule has 2 atom stereocenters. The fourth-order valence-electron chi connectivity index (χ4n) is 5.52. The van der Waals surface area contributed by atoms with E-state index in [-0.39, 0.29) is 11.8 Å². The van der Waals surface area contributed by atoms with Gasteiger partial charge in [-0.25, -0.2) is 0 Å². The molecule has 0 fully saturated rings. The SMILES string of the molecule is COc1ccc([C@@H]2C[NH2+][C@]3(C(=O)N(C)c4ccccc43)c3[nH]c4ccccc4c32)cc1. The van der Waals surface area contributed by atoms with Gasteiger partial charge in [0.25, 0.3) is 5.91 Å². The lowest BCUT2D eigenvalue weighted by atomic mass is 9.76. The summed E-state index contributed by atoms with van der Waals surface area (Å²) in [5.41, 5.74) is 5.79. The van der Waals surface area contributed by atoms with E-state index in [2.05, 4.69) is 46.7 Å². The number of methoxy groups -OCH3 is 1. The molecule has 1 amide bonds. The average Bonchev–Trinajstić information content (AvgIpc) is 3.31. The van der Waals surface area contributed by atoms with Crippen LogP contribution in [0.3, 0.4) is 0 Å². The maximum Gasteiger partial charge on any atom is 0.299 e. The monoisotopic (exact) mass is 410 g/mol. The number of nitrogens with one attached hydrogen (secondary N) is 1. The topological polar surface area (TPSA) is 61.9 Å². The van der Waals surface area contributed by atoms with Gasteiger partial charge in [0, 0.05) is 23.5 Å². The van der Waals surface area contributed by atoms with Crippen LogP contribution in [-0.4, -0.2) is 31.6 Å². The maximum atomic E-state index is 13.8. The van der Waals surface area contributed by atoms with Gasteiger partial charge in [0.2, 0.25) is 5.54 Å². The normalized spacial score (nSPS) is 22.1. The molecule has 1 spiro atoms. The van der Waals surface area contributed by atoms with Crippen LogP contribution in [0.2, 0.25) is 0 Å². The van der Waals surface area contributed by atoms with E-state index in [1.165, 1.54) is 16.5 Å². The van der Waals surface area contributed by atoms with Crippen molar-refractivity contribution in [2.24, 2.45) is 0 Å². The minimum atomic E-state index is -0.775. The van der Waals surface area contributed by atoms with Gasteiger partial charge in [-0.3, -0.25) is 4.79 Å². The highest BCUT2D eigenvalue weighted by molar-refractivity contribution is 6.09. The van der Waals surface area contributed by atoms with Crippen molar-refractivity contribution < 1.29 is 14.8 Å². The number of likely N-dealkylation sites (N-methyl/N-ethyl adjacent to an activating group) is 1. The van der Waals surface area contributed by atoms with Crippen molar-refractivity contribution in [1.82, 2.24) is 4.98 Å². The Labute approximate surface area is 180 Å². The molecule has 5 nitrogen and oxygen atoms in total. The van der Waals surface area contributed by atoms with Crippen molar-refractivity contribution in [3.63, 3.8) is 0 Å². The van der Waals surface area contributed by atoms with Gasteiger partial charge in [-0.2, -0.15) is 0 Å². The molecule has 0 bridgehead atoms. The van der Waals surface area contributed by atoms with Crippen LogP contribution in [0.15, 0.2) is 72.8 Å². The Bertz CT molecular complexity index is 1320. The number of carbonyl (C=O) groups excluding carboxylic acids is 1. The first-order valence-electron chi connectivity index (χ1n) is 10.6. The van der Waals surface area contributed by atoms with Gasteiger partial charge >= 0.3 is 0 Å². The summed E-state index contributed by atoms with van der Waals surface area (Å²) in [7, 11) is 3.56.